The molecule has 2 aliphatic rings. The van der Waals surface area contributed by atoms with E-state index in [1.165, 1.54) is 0 Å². The third-order valence-electron chi connectivity index (χ3n) is 4.66. The van der Waals surface area contributed by atoms with Crippen LogP contribution in [0.25, 0.3) is 10.2 Å². The second-order valence-corrected chi connectivity index (χ2v) is 7.58. The summed E-state index contributed by atoms with van der Waals surface area (Å²) >= 11 is 1.61. The predicted octanol–water partition coefficient (Wildman–Crippen LogP) is 1.96. The third-order valence-corrected chi connectivity index (χ3v) is 5.60. The minimum atomic E-state index is -0.0437. The lowest BCUT2D eigenvalue weighted by Crippen LogP contribution is -2.33. The highest BCUT2D eigenvalue weighted by atomic mass is 32.1. The van der Waals surface area contributed by atoms with Crippen molar-refractivity contribution in [2.24, 2.45) is 5.41 Å². The van der Waals surface area contributed by atoms with Crippen molar-refractivity contribution in [3.8, 4) is 0 Å². The number of amides is 2. The van der Waals surface area contributed by atoms with Crippen molar-refractivity contribution in [1.29, 1.82) is 0 Å². The van der Waals surface area contributed by atoms with Gasteiger partial charge < -0.3 is 10.2 Å². The van der Waals surface area contributed by atoms with Crippen LogP contribution in [0.1, 0.15) is 28.2 Å². The molecule has 114 valence electrons. The first-order valence-electron chi connectivity index (χ1n) is 7.48. The van der Waals surface area contributed by atoms with E-state index in [2.05, 4.69) is 10.3 Å². The summed E-state index contributed by atoms with van der Waals surface area (Å²) in [5, 5.41) is 3.90. The van der Waals surface area contributed by atoms with Gasteiger partial charge in [-0.15, -0.1) is 11.3 Å². The van der Waals surface area contributed by atoms with Crippen LogP contribution in [-0.2, 0) is 4.79 Å². The number of aromatic nitrogens is 1. The number of likely N-dealkylation sites (tertiary alicyclic amines) is 1. The molecule has 0 radical (unpaired) electrons. The number of nitrogens with zero attached hydrogens (tertiary/aromatic N) is 2. The maximum atomic E-state index is 12.7. The van der Waals surface area contributed by atoms with Crippen LogP contribution in [0.2, 0.25) is 0 Å². The summed E-state index contributed by atoms with van der Waals surface area (Å²) in [4.78, 5) is 30.5. The molecule has 2 amide bonds. The van der Waals surface area contributed by atoms with Crippen LogP contribution < -0.4 is 5.32 Å². The number of carbonyl (C=O) groups is 2. The Hall–Kier alpha value is -1.95. The number of hydrogen-bond acceptors (Lipinski definition) is 4. The monoisotopic (exact) mass is 315 g/mol. The fourth-order valence-corrected chi connectivity index (χ4v) is 4.37. The zero-order valence-corrected chi connectivity index (χ0v) is 13.2. The van der Waals surface area contributed by atoms with Gasteiger partial charge >= 0.3 is 0 Å². The normalized spacial score (nSPS) is 24.4. The maximum absolute atomic E-state index is 12.7. The van der Waals surface area contributed by atoms with E-state index in [9.17, 15) is 9.59 Å². The molecule has 1 atom stereocenters. The molecule has 4 rings (SSSR count). The Bertz CT molecular complexity index is 785. The van der Waals surface area contributed by atoms with Crippen molar-refractivity contribution in [1.82, 2.24) is 15.2 Å². The molecule has 2 aliphatic heterocycles. The van der Waals surface area contributed by atoms with Crippen LogP contribution in [0.4, 0.5) is 0 Å². The van der Waals surface area contributed by atoms with E-state index in [0.29, 0.717) is 25.1 Å². The summed E-state index contributed by atoms with van der Waals surface area (Å²) in [6.07, 6.45) is 1.45. The summed E-state index contributed by atoms with van der Waals surface area (Å²) in [5.74, 6) is 0.167. The van der Waals surface area contributed by atoms with Gasteiger partial charge in [0.1, 0.15) is 0 Å². The average Bonchev–Trinajstić information content (AvgIpc) is 3.16. The Balaban J connectivity index is 1.57. The summed E-state index contributed by atoms with van der Waals surface area (Å²) in [6, 6.07) is 5.71. The summed E-state index contributed by atoms with van der Waals surface area (Å²) in [6.45, 7) is 4.07. The summed E-state index contributed by atoms with van der Waals surface area (Å²) in [7, 11) is 0. The van der Waals surface area contributed by atoms with E-state index < -0.39 is 0 Å². The van der Waals surface area contributed by atoms with Crippen molar-refractivity contribution in [3.05, 3.63) is 28.8 Å². The van der Waals surface area contributed by atoms with Gasteiger partial charge in [0.15, 0.2) is 0 Å². The highest BCUT2D eigenvalue weighted by molar-refractivity contribution is 7.18. The van der Waals surface area contributed by atoms with Gasteiger partial charge in [-0.3, -0.25) is 9.59 Å². The van der Waals surface area contributed by atoms with Crippen LogP contribution in [-0.4, -0.2) is 41.3 Å². The zero-order valence-electron chi connectivity index (χ0n) is 12.4. The second kappa shape index (κ2) is 4.78. The average molecular weight is 315 g/mol. The van der Waals surface area contributed by atoms with Crippen molar-refractivity contribution >= 4 is 33.4 Å². The number of fused-ring (bicyclic) bond motifs is 1. The fraction of sp³-hybridized carbons (Fsp3) is 0.438. The summed E-state index contributed by atoms with van der Waals surface area (Å²) in [5.41, 5.74) is 1.62. The van der Waals surface area contributed by atoms with Gasteiger partial charge in [0.05, 0.1) is 15.2 Å². The fourth-order valence-electron chi connectivity index (χ4n) is 3.50. The number of carbonyl (C=O) groups excluding carboxylic acids is 2. The first-order chi connectivity index (χ1) is 10.5. The Morgan fingerprint density at radius 1 is 1.45 bits per heavy atom. The Morgan fingerprint density at radius 2 is 2.32 bits per heavy atom. The Morgan fingerprint density at radius 3 is 3.09 bits per heavy atom. The van der Waals surface area contributed by atoms with Crippen LogP contribution in [0, 0.1) is 12.3 Å². The molecule has 1 unspecified atom stereocenters. The third kappa shape index (κ3) is 2.18. The second-order valence-electron chi connectivity index (χ2n) is 6.35. The zero-order chi connectivity index (χ0) is 15.3. The lowest BCUT2D eigenvalue weighted by atomic mass is 9.86. The number of rotatable bonds is 1. The molecule has 2 saturated heterocycles. The minimum absolute atomic E-state index is 0.0437. The van der Waals surface area contributed by atoms with E-state index in [4.69, 9.17) is 0 Å². The van der Waals surface area contributed by atoms with Gasteiger partial charge in [-0.25, -0.2) is 4.98 Å². The SMILES string of the molecule is Cc1nc2ccc(C(=O)N3CCC4(CNC(=O)C4)C3)cc2s1. The quantitative estimate of drug-likeness (QED) is 0.875. The van der Waals surface area contributed by atoms with Gasteiger partial charge in [0.2, 0.25) is 5.91 Å². The highest BCUT2D eigenvalue weighted by Crippen LogP contribution is 2.37. The van der Waals surface area contributed by atoms with Crippen molar-refractivity contribution in [2.75, 3.05) is 19.6 Å². The molecule has 22 heavy (non-hydrogen) atoms. The van der Waals surface area contributed by atoms with Crippen LogP contribution in [0.5, 0.6) is 0 Å². The van der Waals surface area contributed by atoms with E-state index in [1.807, 2.05) is 30.0 Å². The van der Waals surface area contributed by atoms with Crippen molar-refractivity contribution < 1.29 is 9.59 Å². The maximum Gasteiger partial charge on any atom is 0.253 e. The van der Waals surface area contributed by atoms with Crippen molar-refractivity contribution in [2.45, 2.75) is 19.8 Å². The molecule has 0 bridgehead atoms. The van der Waals surface area contributed by atoms with Gasteiger partial charge in [0, 0.05) is 37.0 Å². The van der Waals surface area contributed by atoms with Gasteiger partial charge in [-0.05, 0) is 31.5 Å². The number of benzene rings is 1. The molecule has 0 saturated carbocycles. The number of hydrogen-bond donors (Lipinski definition) is 1. The van der Waals surface area contributed by atoms with Gasteiger partial charge in [-0.2, -0.15) is 0 Å². The Kier molecular flexibility index (Phi) is 2.97. The molecule has 3 heterocycles. The molecular weight excluding hydrogens is 298 g/mol. The Labute approximate surface area is 132 Å². The van der Waals surface area contributed by atoms with E-state index in [-0.39, 0.29) is 17.2 Å². The lowest BCUT2D eigenvalue weighted by molar-refractivity contribution is -0.119. The molecular formula is C16H17N3O2S. The van der Waals surface area contributed by atoms with Crippen LogP contribution >= 0.6 is 11.3 Å². The molecule has 1 aromatic carbocycles. The molecule has 1 N–H and O–H groups in total. The largest absolute Gasteiger partial charge is 0.355 e. The minimum Gasteiger partial charge on any atom is -0.355 e. The van der Waals surface area contributed by atoms with E-state index in [0.717, 1.165) is 28.2 Å². The van der Waals surface area contributed by atoms with Crippen LogP contribution in [0.3, 0.4) is 0 Å². The summed E-state index contributed by atoms with van der Waals surface area (Å²) < 4.78 is 1.05. The molecule has 2 fully saturated rings. The van der Waals surface area contributed by atoms with E-state index >= 15 is 0 Å². The molecule has 6 heteroatoms. The molecule has 0 aliphatic carbocycles. The first-order valence-corrected chi connectivity index (χ1v) is 8.30. The first kappa shape index (κ1) is 13.7. The number of nitrogens with one attached hydrogen (secondary N) is 1. The van der Waals surface area contributed by atoms with Gasteiger partial charge in [-0.1, -0.05) is 0 Å². The molecule has 2 aromatic rings. The topological polar surface area (TPSA) is 62.3 Å². The number of aryl methyl sites for hydroxylation is 1. The standard InChI is InChI=1S/C16H17N3O2S/c1-10-18-12-3-2-11(6-13(12)22-10)15(21)19-5-4-16(9-19)7-14(20)17-8-16/h2-3,6H,4-5,7-9H2,1H3,(H,17,20). The van der Waals surface area contributed by atoms with E-state index in [1.54, 1.807) is 11.3 Å². The van der Waals surface area contributed by atoms with Crippen molar-refractivity contribution in [3.63, 3.8) is 0 Å². The molecule has 5 nitrogen and oxygen atoms in total. The lowest BCUT2D eigenvalue weighted by Gasteiger charge is -2.21. The van der Waals surface area contributed by atoms with Gasteiger partial charge in [0.25, 0.3) is 5.91 Å². The van der Waals surface area contributed by atoms with Crippen LogP contribution in [0.15, 0.2) is 18.2 Å². The molecule has 1 aromatic heterocycles. The predicted molar refractivity (Wildman–Crippen MR) is 84.9 cm³/mol. The highest BCUT2D eigenvalue weighted by Gasteiger charge is 2.45. The number of thiazole rings is 1. The smallest absolute Gasteiger partial charge is 0.253 e. The molecule has 1 spiro atoms.